The van der Waals surface area contributed by atoms with Gasteiger partial charge in [0.1, 0.15) is 5.82 Å². The fraction of sp³-hybridized carbons (Fsp3) is 0.417. The molecule has 0 saturated carbocycles. The number of aliphatic hydroxyl groups is 1. The van der Waals surface area contributed by atoms with E-state index in [1.807, 2.05) is 6.92 Å². The number of aliphatic hydroxyl groups excluding tert-OH is 1. The molecule has 0 atom stereocenters. The number of hydrogen-bond donors (Lipinski definition) is 2. The summed E-state index contributed by atoms with van der Waals surface area (Å²) in [5, 5.41) is 8.92. The fourth-order valence-corrected chi connectivity index (χ4v) is 1.68. The molecular weight excluding hydrogens is 239 g/mol. The van der Waals surface area contributed by atoms with Gasteiger partial charge in [-0.2, -0.15) is 0 Å². The molecule has 0 unspecified atom stereocenters. The first kappa shape index (κ1) is 14.2. The van der Waals surface area contributed by atoms with E-state index in [2.05, 4.69) is 4.74 Å². The summed E-state index contributed by atoms with van der Waals surface area (Å²) in [4.78, 5) is 13.1. The molecule has 6 heteroatoms. The predicted octanol–water partition coefficient (Wildman–Crippen LogP) is 1.01. The molecule has 0 aliphatic rings. The van der Waals surface area contributed by atoms with Crippen molar-refractivity contribution in [1.29, 1.82) is 0 Å². The predicted molar refractivity (Wildman–Crippen MR) is 67.1 cm³/mol. The van der Waals surface area contributed by atoms with Crippen molar-refractivity contribution in [3.8, 4) is 0 Å². The minimum Gasteiger partial charge on any atom is -0.465 e. The van der Waals surface area contributed by atoms with E-state index >= 15 is 0 Å². The van der Waals surface area contributed by atoms with E-state index in [1.54, 1.807) is 4.90 Å². The maximum absolute atomic E-state index is 13.8. The van der Waals surface area contributed by atoms with Crippen LogP contribution in [0, 0.1) is 5.82 Å². The Bertz CT molecular complexity index is 438. The van der Waals surface area contributed by atoms with Crippen LogP contribution in [-0.4, -0.2) is 37.9 Å². The Kier molecular flexibility index (Phi) is 4.91. The Morgan fingerprint density at radius 3 is 2.72 bits per heavy atom. The van der Waals surface area contributed by atoms with Gasteiger partial charge in [0.05, 0.1) is 25.0 Å². The maximum atomic E-state index is 13.8. The van der Waals surface area contributed by atoms with Gasteiger partial charge >= 0.3 is 5.97 Å². The lowest BCUT2D eigenvalue weighted by molar-refractivity contribution is 0.0602. The average molecular weight is 256 g/mol. The lowest BCUT2D eigenvalue weighted by Gasteiger charge is -2.23. The van der Waals surface area contributed by atoms with Gasteiger partial charge in [-0.05, 0) is 19.1 Å². The fourth-order valence-electron chi connectivity index (χ4n) is 1.68. The van der Waals surface area contributed by atoms with Crippen LogP contribution >= 0.6 is 0 Å². The van der Waals surface area contributed by atoms with E-state index in [-0.39, 0.29) is 30.1 Å². The molecule has 100 valence electrons. The summed E-state index contributed by atoms with van der Waals surface area (Å²) in [6, 6.07) is 2.43. The second-order valence-electron chi connectivity index (χ2n) is 3.69. The number of ether oxygens (including phenoxy) is 1. The topological polar surface area (TPSA) is 75.8 Å². The number of carbonyl (C=O) groups excluding carboxylic acids is 1. The molecule has 18 heavy (non-hydrogen) atoms. The molecule has 1 aromatic carbocycles. The number of nitrogen functional groups attached to an aromatic ring is 1. The molecule has 0 spiro atoms. The third kappa shape index (κ3) is 2.89. The molecule has 3 N–H and O–H groups in total. The summed E-state index contributed by atoms with van der Waals surface area (Å²) in [5.74, 6) is -1.15. The molecule has 0 heterocycles. The number of halogens is 1. The summed E-state index contributed by atoms with van der Waals surface area (Å²) in [7, 11) is 1.23. The second kappa shape index (κ2) is 6.20. The van der Waals surface area contributed by atoms with Crippen LogP contribution in [0.3, 0.4) is 0 Å². The van der Waals surface area contributed by atoms with E-state index in [0.29, 0.717) is 6.54 Å². The molecule has 1 rings (SSSR count). The molecule has 1 aromatic rings. The second-order valence-corrected chi connectivity index (χ2v) is 3.69. The normalized spacial score (nSPS) is 10.2. The van der Waals surface area contributed by atoms with E-state index < -0.39 is 11.8 Å². The molecule has 0 aliphatic heterocycles. The Morgan fingerprint density at radius 1 is 1.56 bits per heavy atom. The molecule has 0 aromatic heterocycles. The van der Waals surface area contributed by atoms with Crippen molar-refractivity contribution < 1.29 is 19.0 Å². The molecule has 0 fully saturated rings. The molecule has 0 radical (unpaired) electrons. The summed E-state index contributed by atoms with van der Waals surface area (Å²) in [5.41, 5.74) is 5.94. The van der Waals surface area contributed by atoms with Crippen molar-refractivity contribution in [2.45, 2.75) is 6.92 Å². The number of likely N-dealkylation sites (N-methyl/N-ethyl adjacent to an activating group) is 1. The first-order valence-corrected chi connectivity index (χ1v) is 5.58. The van der Waals surface area contributed by atoms with Crippen LogP contribution in [-0.2, 0) is 4.74 Å². The van der Waals surface area contributed by atoms with E-state index in [9.17, 15) is 9.18 Å². The summed E-state index contributed by atoms with van der Waals surface area (Å²) in [6.07, 6.45) is 0. The minimum atomic E-state index is -0.617. The molecule has 0 aliphatic carbocycles. The van der Waals surface area contributed by atoms with Gasteiger partial charge in [-0.1, -0.05) is 0 Å². The van der Waals surface area contributed by atoms with E-state index in [1.165, 1.54) is 13.2 Å². The van der Waals surface area contributed by atoms with Crippen LogP contribution in [0.2, 0.25) is 0 Å². The number of nitrogens with two attached hydrogens (primary N) is 1. The number of rotatable bonds is 5. The highest BCUT2D eigenvalue weighted by atomic mass is 19.1. The Balaban J connectivity index is 3.22. The standard InChI is InChI=1S/C12H17FN2O3/c1-3-15(4-5-16)11-6-8(12(17)18-2)10(14)7-9(11)13/h6-7,16H,3-5,14H2,1-2H3. The van der Waals surface area contributed by atoms with Crippen molar-refractivity contribution in [1.82, 2.24) is 0 Å². The third-order valence-corrected chi connectivity index (χ3v) is 2.62. The zero-order valence-corrected chi connectivity index (χ0v) is 10.4. The van der Waals surface area contributed by atoms with Gasteiger partial charge in [-0.15, -0.1) is 0 Å². The van der Waals surface area contributed by atoms with Gasteiger partial charge in [0.2, 0.25) is 0 Å². The Hall–Kier alpha value is -1.82. The van der Waals surface area contributed by atoms with Crippen LogP contribution in [0.25, 0.3) is 0 Å². The van der Waals surface area contributed by atoms with Crippen molar-refractivity contribution in [2.75, 3.05) is 37.4 Å². The zero-order chi connectivity index (χ0) is 13.7. The average Bonchev–Trinajstić information content (AvgIpc) is 2.36. The van der Waals surface area contributed by atoms with Crippen molar-refractivity contribution in [2.24, 2.45) is 0 Å². The molecule has 0 amide bonds. The van der Waals surface area contributed by atoms with Crippen molar-refractivity contribution in [3.63, 3.8) is 0 Å². The number of anilines is 2. The van der Waals surface area contributed by atoms with Crippen LogP contribution in [0.4, 0.5) is 15.8 Å². The maximum Gasteiger partial charge on any atom is 0.340 e. The van der Waals surface area contributed by atoms with Crippen LogP contribution in [0.5, 0.6) is 0 Å². The number of hydrogen-bond acceptors (Lipinski definition) is 5. The summed E-state index contributed by atoms with van der Waals surface area (Å²) in [6.45, 7) is 2.49. The van der Waals surface area contributed by atoms with Gasteiger partial charge in [0.15, 0.2) is 0 Å². The molecule has 0 saturated heterocycles. The third-order valence-electron chi connectivity index (χ3n) is 2.62. The number of nitrogens with zero attached hydrogens (tertiary/aromatic N) is 1. The van der Waals surface area contributed by atoms with E-state index in [4.69, 9.17) is 10.8 Å². The summed E-state index contributed by atoms with van der Waals surface area (Å²) < 4.78 is 18.4. The van der Waals surface area contributed by atoms with Crippen molar-refractivity contribution in [3.05, 3.63) is 23.5 Å². The SMILES string of the molecule is CCN(CCO)c1cc(C(=O)OC)c(N)cc1F. The zero-order valence-electron chi connectivity index (χ0n) is 10.4. The van der Waals surface area contributed by atoms with Gasteiger partial charge in [-0.25, -0.2) is 9.18 Å². The highest BCUT2D eigenvalue weighted by Gasteiger charge is 2.17. The molecule has 0 bridgehead atoms. The van der Waals surface area contributed by atoms with Crippen LogP contribution < -0.4 is 10.6 Å². The summed E-state index contributed by atoms with van der Waals surface area (Å²) >= 11 is 0. The minimum absolute atomic E-state index is 0.0307. The Labute approximate surface area is 105 Å². The van der Waals surface area contributed by atoms with Gasteiger partial charge < -0.3 is 20.5 Å². The van der Waals surface area contributed by atoms with Crippen molar-refractivity contribution >= 4 is 17.3 Å². The van der Waals surface area contributed by atoms with E-state index in [0.717, 1.165) is 6.07 Å². The highest BCUT2D eigenvalue weighted by Crippen LogP contribution is 2.25. The Morgan fingerprint density at radius 2 is 2.22 bits per heavy atom. The highest BCUT2D eigenvalue weighted by molar-refractivity contribution is 5.96. The number of methoxy groups -OCH3 is 1. The van der Waals surface area contributed by atoms with Crippen LogP contribution in [0.1, 0.15) is 17.3 Å². The number of esters is 1. The van der Waals surface area contributed by atoms with Gasteiger partial charge in [-0.3, -0.25) is 0 Å². The number of benzene rings is 1. The molecule has 5 nitrogen and oxygen atoms in total. The van der Waals surface area contributed by atoms with Crippen LogP contribution in [0.15, 0.2) is 12.1 Å². The largest absolute Gasteiger partial charge is 0.465 e. The number of carbonyl (C=O) groups is 1. The van der Waals surface area contributed by atoms with Gasteiger partial charge in [0, 0.05) is 18.8 Å². The first-order chi connectivity index (χ1) is 8.54. The first-order valence-electron chi connectivity index (χ1n) is 5.58. The smallest absolute Gasteiger partial charge is 0.340 e. The molecular formula is C12H17FN2O3. The van der Waals surface area contributed by atoms with Gasteiger partial charge in [0.25, 0.3) is 0 Å². The quantitative estimate of drug-likeness (QED) is 0.607. The lowest BCUT2D eigenvalue weighted by atomic mass is 10.1. The monoisotopic (exact) mass is 256 g/mol. The lowest BCUT2D eigenvalue weighted by Crippen LogP contribution is -2.27.